The van der Waals surface area contributed by atoms with Gasteiger partial charge in [-0.1, -0.05) is 11.3 Å². The summed E-state index contributed by atoms with van der Waals surface area (Å²) < 4.78 is 11.4. The maximum absolute atomic E-state index is 11.4. The van der Waals surface area contributed by atoms with E-state index in [4.69, 9.17) is 15.2 Å². The van der Waals surface area contributed by atoms with E-state index in [0.29, 0.717) is 27.9 Å². The third-order valence-corrected chi connectivity index (χ3v) is 4.39. The molecule has 1 aromatic heterocycles. The third-order valence-electron chi connectivity index (χ3n) is 3.49. The van der Waals surface area contributed by atoms with Gasteiger partial charge in [-0.2, -0.15) is 0 Å². The number of rotatable bonds is 5. The Labute approximate surface area is 153 Å². The second kappa shape index (κ2) is 7.36. The largest absolute Gasteiger partial charge is 0.497 e. The smallest absolute Gasteiger partial charge is 0.231 e. The number of nitrogen functional groups attached to an aromatic ring is 1. The summed E-state index contributed by atoms with van der Waals surface area (Å²) in [5, 5.41) is 11.6. The van der Waals surface area contributed by atoms with Crippen molar-refractivity contribution in [2.24, 2.45) is 10.2 Å². The molecule has 0 saturated heterocycles. The highest BCUT2D eigenvalue weighted by molar-refractivity contribution is 7.21. The number of fused-ring (bicyclic) bond motifs is 1. The molecule has 0 radical (unpaired) electrons. The standard InChI is InChI=1S/C17H17N5O3S/c1-9(23)19-13-7-11(18)15(25-3)8-14(13)21-22-17-20-12-5-4-10(24-2)6-16(12)26-17/h4-8H,18H2,1-3H3,(H,19,23). The predicted octanol–water partition coefficient (Wildman–Crippen LogP) is 4.27. The molecule has 0 bridgehead atoms. The zero-order chi connectivity index (χ0) is 18.7. The monoisotopic (exact) mass is 371 g/mol. The van der Waals surface area contributed by atoms with Crippen LogP contribution >= 0.6 is 11.3 Å². The Morgan fingerprint density at radius 3 is 2.69 bits per heavy atom. The van der Waals surface area contributed by atoms with Crippen molar-refractivity contribution in [1.82, 2.24) is 4.98 Å². The van der Waals surface area contributed by atoms with Crippen LogP contribution in [0.4, 0.5) is 22.2 Å². The number of azo groups is 1. The molecule has 0 atom stereocenters. The molecule has 0 fully saturated rings. The van der Waals surface area contributed by atoms with Crippen LogP contribution in [0.3, 0.4) is 0 Å². The third kappa shape index (κ3) is 3.72. The highest BCUT2D eigenvalue weighted by Crippen LogP contribution is 2.37. The molecule has 0 aliphatic rings. The van der Waals surface area contributed by atoms with Gasteiger partial charge in [-0.05, 0) is 24.3 Å². The molecule has 1 heterocycles. The average Bonchev–Trinajstić information content (AvgIpc) is 3.02. The molecule has 134 valence electrons. The van der Waals surface area contributed by atoms with E-state index in [1.165, 1.54) is 25.4 Å². The Kier molecular flexibility index (Phi) is 4.99. The summed E-state index contributed by atoms with van der Waals surface area (Å²) in [4.78, 5) is 15.8. The molecule has 2 aromatic carbocycles. The van der Waals surface area contributed by atoms with Gasteiger partial charge >= 0.3 is 0 Å². The number of nitrogens with one attached hydrogen (secondary N) is 1. The van der Waals surface area contributed by atoms with Gasteiger partial charge in [0.05, 0.1) is 35.8 Å². The van der Waals surface area contributed by atoms with Gasteiger partial charge in [-0.3, -0.25) is 4.79 Å². The lowest BCUT2D eigenvalue weighted by molar-refractivity contribution is -0.114. The minimum Gasteiger partial charge on any atom is -0.497 e. The lowest BCUT2D eigenvalue weighted by Gasteiger charge is -2.10. The van der Waals surface area contributed by atoms with Gasteiger partial charge in [0.1, 0.15) is 17.2 Å². The maximum Gasteiger partial charge on any atom is 0.231 e. The van der Waals surface area contributed by atoms with Gasteiger partial charge in [-0.25, -0.2) is 4.98 Å². The molecule has 26 heavy (non-hydrogen) atoms. The van der Waals surface area contributed by atoms with Crippen molar-refractivity contribution >= 4 is 49.7 Å². The molecular weight excluding hydrogens is 354 g/mol. The van der Waals surface area contributed by atoms with Crippen molar-refractivity contribution in [3.05, 3.63) is 30.3 Å². The van der Waals surface area contributed by atoms with Crippen LogP contribution in [0.2, 0.25) is 0 Å². The minimum absolute atomic E-state index is 0.238. The van der Waals surface area contributed by atoms with Crippen LogP contribution in [0, 0.1) is 0 Å². The number of amides is 1. The Morgan fingerprint density at radius 1 is 1.19 bits per heavy atom. The van der Waals surface area contributed by atoms with Gasteiger partial charge < -0.3 is 20.5 Å². The number of hydrogen-bond donors (Lipinski definition) is 2. The van der Waals surface area contributed by atoms with Crippen molar-refractivity contribution < 1.29 is 14.3 Å². The highest BCUT2D eigenvalue weighted by atomic mass is 32.1. The summed E-state index contributed by atoms with van der Waals surface area (Å²) in [7, 11) is 3.12. The molecule has 0 spiro atoms. The van der Waals surface area contributed by atoms with E-state index in [1.54, 1.807) is 19.2 Å². The lowest BCUT2D eigenvalue weighted by Crippen LogP contribution is -2.06. The van der Waals surface area contributed by atoms with Crippen LogP contribution in [-0.4, -0.2) is 25.1 Å². The summed E-state index contributed by atoms with van der Waals surface area (Å²) in [6, 6.07) is 8.78. The first-order valence-electron chi connectivity index (χ1n) is 7.61. The first-order valence-corrected chi connectivity index (χ1v) is 8.43. The number of carbonyl (C=O) groups excluding carboxylic acids is 1. The van der Waals surface area contributed by atoms with Crippen molar-refractivity contribution in [3.63, 3.8) is 0 Å². The van der Waals surface area contributed by atoms with E-state index in [0.717, 1.165) is 16.0 Å². The summed E-state index contributed by atoms with van der Waals surface area (Å²) in [5.41, 5.74) is 7.96. The number of hydrogen-bond acceptors (Lipinski definition) is 8. The highest BCUT2D eigenvalue weighted by Gasteiger charge is 2.10. The van der Waals surface area contributed by atoms with Crippen LogP contribution in [0.15, 0.2) is 40.6 Å². The first-order chi connectivity index (χ1) is 12.5. The number of benzene rings is 2. The second-order valence-electron chi connectivity index (χ2n) is 5.32. The number of carbonyl (C=O) groups is 1. The number of aromatic nitrogens is 1. The van der Waals surface area contributed by atoms with Crippen LogP contribution in [0.25, 0.3) is 10.2 Å². The fourth-order valence-corrected chi connectivity index (χ4v) is 3.11. The number of anilines is 2. The summed E-state index contributed by atoms with van der Waals surface area (Å²) in [6.07, 6.45) is 0. The van der Waals surface area contributed by atoms with Gasteiger partial charge in [0, 0.05) is 13.0 Å². The van der Waals surface area contributed by atoms with E-state index in [1.807, 2.05) is 18.2 Å². The van der Waals surface area contributed by atoms with Gasteiger partial charge in [-0.15, -0.1) is 10.2 Å². The van der Waals surface area contributed by atoms with Crippen molar-refractivity contribution in [2.45, 2.75) is 6.92 Å². The predicted molar refractivity (Wildman–Crippen MR) is 102 cm³/mol. The fraction of sp³-hybridized carbons (Fsp3) is 0.176. The van der Waals surface area contributed by atoms with Crippen LogP contribution in [-0.2, 0) is 4.79 Å². The minimum atomic E-state index is -0.238. The van der Waals surface area contributed by atoms with Gasteiger partial charge in [0.2, 0.25) is 11.0 Å². The first kappa shape index (κ1) is 17.6. The Balaban J connectivity index is 1.97. The number of thiazole rings is 1. The maximum atomic E-state index is 11.4. The average molecular weight is 371 g/mol. The summed E-state index contributed by atoms with van der Waals surface area (Å²) >= 11 is 1.38. The number of methoxy groups -OCH3 is 2. The van der Waals surface area contributed by atoms with E-state index in [9.17, 15) is 4.79 Å². The van der Waals surface area contributed by atoms with Crippen LogP contribution in [0.5, 0.6) is 11.5 Å². The lowest BCUT2D eigenvalue weighted by atomic mass is 10.2. The molecule has 9 heteroatoms. The molecule has 0 aliphatic heterocycles. The Bertz CT molecular complexity index is 999. The molecule has 0 saturated carbocycles. The molecule has 3 aromatic rings. The molecule has 0 aliphatic carbocycles. The number of ether oxygens (including phenoxy) is 2. The molecule has 0 unspecified atom stereocenters. The van der Waals surface area contributed by atoms with Crippen LogP contribution in [0.1, 0.15) is 6.92 Å². The molecule has 3 rings (SSSR count). The van der Waals surface area contributed by atoms with E-state index >= 15 is 0 Å². The van der Waals surface area contributed by atoms with E-state index in [-0.39, 0.29) is 5.91 Å². The zero-order valence-corrected chi connectivity index (χ0v) is 15.3. The summed E-state index contributed by atoms with van der Waals surface area (Å²) in [6.45, 7) is 1.41. The van der Waals surface area contributed by atoms with E-state index in [2.05, 4.69) is 20.5 Å². The fourth-order valence-electron chi connectivity index (χ4n) is 2.29. The second-order valence-corrected chi connectivity index (χ2v) is 6.33. The number of nitrogens with two attached hydrogens (primary N) is 1. The summed E-state index contributed by atoms with van der Waals surface area (Å²) in [5.74, 6) is 0.959. The van der Waals surface area contributed by atoms with Crippen LogP contribution < -0.4 is 20.5 Å². The van der Waals surface area contributed by atoms with Gasteiger partial charge in [0.25, 0.3) is 0 Å². The van der Waals surface area contributed by atoms with Crippen molar-refractivity contribution in [2.75, 3.05) is 25.3 Å². The quantitative estimate of drug-likeness (QED) is 0.514. The van der Waals surface area contributed by atoms with Crippen molar-refractivity contribution in [3.8, 4) is 11.5 Å². The molecule has 1 amide bonds. The normalized spacial score (nSPS) is 11.0. The Morgan fingerprint density at radius 2 is 2.00 bits per heavy atom. The zero-order valence-electron chi connectivity index (χ0n) is 14.4. The number of nitrogens with zero attached hydrogens (tertiary/aromatic N) is 3. The van der Waals surface area contributed by atoms with Gasteiger partial charge in [0.15, 0.2) is 0 Å². The SMILES string of the molecule is COc1ccc2nc(N=Nc3cc(OC)c(N)cc3NC(C)=O)sc2c1. The van der Waals surface area contributed by atoms with Crippen molar-refractivity contribution in [1.29, 1.82) is 0 Å². The Hall–Kier alpha value is -3.20. The van der Waals surface area contributed by atoms with E-state index < -0.39 is 0 Å². The molecular formula is C17H17N5O3S. The molecule has 8 nitrogen and oxygen atoms in total. The topological polar surface area (TPSA) is 111 Å². The molecule has 3 N–H and O–H groups in total.